The summed E-state index contributed by atoms with van der Waals surface area (Å²) in [6, 6.07) is 25.2. The highest BCUT2D eigenvalue weighted by molar-refractivity contribution is 5.82. The predicted octanol–water partition coefficient (Wildman–Crippen LogP) is 4.45. The number of rotatable bonds is 0. The highest BCUT2D eigenvalue weighted by atomic mass is 14.9. The summed E-state index contributed by atoms with van der Waals surface area (Å²) in [5.41, 5.74) is 2.64. The number of anilines is 1. The summed E-state index contributed by atoms with van der Waals surface area (Å²) in [5.74, 6) is 0. The maximum absolute atomic E-state index is 3.22. The zero-order valence-electron chi connectivity index (χ0n) is 10.1. The van der Waals surface area contributed by atoms with Gasteiger partial charge in [-0.25, -0.2) is 0 Å². The summed E-state index contributed by atoms with van der Waals surface area (Å²) in [5, 5.41) is 5.84. The molecule has 1 aliphatic rings. The molecule has 0 spiro atoms. The molecule has 1 N–H and O–H groups in total. The lowest BCUT2D eigenvalue weighted by atomic mass is 10.1. The third kappa shape index (κ3) is 2.35. The van der Waals surface area contributed by atoms with E-state index in [1.807, 2.05) is 0 Å². The SMILES string of the molecule is c1cc2cc(c1)NC2.c1ccc2ccccc2c1. The van der Waals surface area contributed by atoms with Crippen molar-refractivity contribution in [3.63, 3.8) is 0 Å². The molecule has 3 aromatic carbocycles. The Morgan fingerprint density at radius 2 is 1.28 bits per heavy atom. The Morgan fingerprint density at radius 3 is 1.78 bits per heavy atom. The maximum atomic E-state index is 3.22. The number of benzene rings is 3. The van der Waals surface area contributed by atoms with E-state index in [1.54, 1.807) is 0 Å². The van der Waals surface area contributed by atoms with Gasteiger partial charge in [-0.2, -0.15) is 0 Å². The molecule has 0 aliphatic carbocycles. The van der Waals surface area contributed by atoms with Gasteiger partial charge < -0.3 is 5.32 Å². The highest BCUT2D eigenvalue weighted by Crippen LogP contribution is 2.17. The van der Waals surface area contributed by atoms with Gasteiger partial charge in [-0.15, -0.1) is 0 Å². The monoisotopic (exact) mass is 233 g/mol. The van der Waals surface area contributed by atoms with E-state index in [0.717, 1.165) is 6.54 Å². The predicted molar refractivity (Wildman–Crippen MR) is 77.7 cm³/mol. The molecule has 1 nitrogen and oxygen atoms in total. The van der Waals surface area contributed by atoms with Crippen molar-refractivity contribution in [2.75, 3.05) is 5.32 Å². The van der Waals surface area contributed by atoms with Crippen LogP contribution in [0, 0.1) is 0 Å². The van der Waals surface area contributed by atoms with Gasteiger partial charge in [0.2, 0.25) is 0 Å². The second kappa shape index (κ2) is 4.92. The first-order chi connectivity index (χ1) is 8.92. The number of hydrogen-bond acceptors (Lipinski definition) is 1. The Labute approximate surface area is 107 Å². The van der Waals surface area contributed by atoms with Gasteiger partial charge in [-0.3, -0.25) is 0 Å². The number of fused-ring (bicyclic) bond motifs is 3. The van der Waals surface area contributed by atoms with Crippen LogP contribution in [0.1, 0.15) is 5.56 Å². The van der Waals surface area contributed by atoms with Crippen molar-refractivity contribution < 1.29 is 0 Å². The third-order valence-electron chi connectivity index (χ3n) is 3.08. The number of nitrogens with one attached hydrogen (secondary N) is 1. The van der Waals surface area contributed by atoms with Crippen LogP contribution in [0.3, 0.4) is 0 Å². The van der Waals surface area contributed by atoms with E-state index in [2.05, 4.69) is 78.1 Å². The van der Waals surface area contributed by atoms with E-state index in [1.165, 1.54) is 22.0 Å². The summed E-state index contributed by atoms with van der Waals surface area (Å²) in [7, 11) is 0. The second-order valence-corrected chi connectivity index (χ2v) is 4.40. The van der Waals surface area contributed by atoms with Crippen molar-refractivity contribution >= 4 is 16.5 Å². The molecule has 0 unspecified atom stereocenters. The van der Waals surface area contributed by atoms with Crippen molar-refractivity contribution in [3.05, 3.63) is 78.4 Å². The average molecular weight is 233 g/mol. The Bertz CT molecular complexity index is 574. The largest absolute Gasteiger partial charge is 0.381 e. The van der Waals surface area contributed by atoms with Gasteiger partial charge >= 0.3 is 0 Å². The van der Waals surface area contributed by atoms with Crippen LogP contribution < -0.4 is 5.32 Å². The molecule has 18 heavy (non-hydrogen) atoms. The zero-order valence-corrected chi connectivity index (χ0v) is 10.1. The summed E-state index contributed by atoms with van der Waals surface area (Å²) in [6.45, 7) is 1.02. The molecule has 0 saturated carbocycles. The molecule has 1 heterocycles. The lowest BCUT2D eigenvalue weighted by Crippen LogP contribution is -1.85. The van der Waals surface area contributed by atoms with Gasteiger partial charge in [0.1, 0.15) is 0 Å². The summed E-state index contributed by atoms with van der Waals surface area (Å²) in [6.07, 6.45) is 0. The zero-order chi connectivity index (χ0) is 12.2. The minimum Gasteiger partial charge on any atom is -0.381 e. The topological polar surface area (TPSA) is 12.0 Å². The molecule has 0 saturated heterocycles. The van der Waals surface area contributed by atoms with Crippen molar-refractivity contribution in [2.45, 2.75) is 6.54 Å². The molecule has 0 aromatic heterocycles. The van der Waals surface area contributed by atoms with Crippen LogP contribution in [-0.2, 0) is 6.54 Å². The third-order valence-corrected chi connectivity index (χ3v) is 3.08. The molecular formula is C17H15N. The minimum atomic E-state index is 1.02. The molecule has 0 atom stereocenters. The molecule has 3 aromatic rings. The van der Waals surface area contributed by atoms with E-state index in [9.17, 15) is 0 Å². The Hall–Kier alpha value is -2.28. The highest BCUT2D eigenvalue weighted by Gasteiger charge is 2.00. The van der Waals surface area contributed by atoms with E-state index in [0.29, 0.717) is 0 Å². The quantitative estimate of drug-likeness (QED) is 0.604. The second-order valence-electron chi connectivity index (χ2n) is 4.40. The van der Waals surface area contributed by atoms with Gasteiger partial charge in [0.05, 0.1) is 0 Å². The van der Waals surface area contributed by atoms with Gasteiger partial charge in [-0.05, 0) is 28.5 Å². The van der Waals surface area contributed by atoms with Crippen molar-refractivity contribution in [1.29, 1.82) is 0 Å². The fourth-order valence-electron chi connectivity index (χ4n) is 2.13. The standard InChI is InChI=1S/C10H8.C7H7N/c1-2-6-10-8-4-3-7-9(10)5-1;1-2-6-4-7(3-1)8-5-6/h1-8H;1-4,8H,5H2. The maximum Gasteiger partial charge on any atom is 0.0401 e. The Morgan fingerprint density at radius 1 is 0.667 bits per heavy atom. The van der Waals surface area contributed by atoms with Crippen molar-refractivity contribution in [1.82, 2.24) is 0 Å². The van der Waals surface area contributed by atoms with Gasteiger partial charge in [0.25, 0.3) is 0 Å². The van der Waals surface area contributed by atoms with Crippen molar-refractivity contribution in [3.8, 4) is 0 Å². The first-order valence-electron chi connectivity index (χ1n) is 6.18. The molecule has 1 heteroatoms. The van der Waals surface area contributed by atoms with Crippen LogP contribution in [0.4, 0.5) is 5.69 Å². The van der Waals surface area contributed by atoms with Crippen LogP contribution in [0.25, 0.3) is 10.8 Å². The molecule has 1 aliphatic heterocycles. The van der Waals surface area contributed by atoms with Crippen LogP contribution in [0.5, 0.6) is 0 Å². The van der Waals surface area contributed by atoms with E-state index < -0.39 is 0 Å². The first-order valence-corrected chi connectivity index (χ1v) is 6.18. The minimum absolute atomic E-state index is 1.02. The smallest absolute Gasteiger partial charge is 0.0401 e. The fraction of sp³-hybridized carbons (Fsp3) is 0.0588. The van der Waals surface area contributed by atoms with E-state index >= 15 is 0 Å². The molecule has 88 valence electrons. The van der Waals surface area contributed by atoms with Crippen LogP contribution in [0.2, 0.25) is 0 Å². The summed E-state index contributed by atoms with van der Waals surface area (Å²) in [4.78, 5) is 0. The lowest BCUT2D eigenvalue weighted by molar-refractivity contribution is 1.23. The van der Waals surface area contributed by atoms with Gasteiger partial charge in [-0.1, -0.05) is 60.7 Å². The van der Waals surface area contributed by atoms with Crippen LogP contribution in [0.15, 0.2) is 72.8 Å². The molecule has 0 radical (unpaired) electrons. The normalized spacial score (nSPS) is 11.6. The molecule has 4 rings (SSSR count). The van der Waals surface area contributed by atoms with E-state index in [4.69, 9.17) is 0 Å². The molecule has 0 fully saturated rings. The molecule has 2 bridgehead atoms. The Balaban J connectivity index is 0.000000114. The summed E-state index contributed by atoms with van der Waals surface area (Å²) >= 11 is 0. The average Bonchev–Trinajstić information content (AvgIpc) is 2.78. The first kappa shape index (κ1) is 10.8. The van der Waals surface area contributed by atoms with E-state index in [-0.39, 0.29) is 0 Å². The van der Waals surface area contributed by atoms with Gasteiger partial charge in [0.15, 0.2) is 0 Å². The fourth-order valence-corrected chi connectivity index (χ4v) is 2.13. The molecule has 0 amide bonds. The Kier molecular flexibility index (Phi) is 2.97. The van der Waals surface area contributed by atoms with Gasteiger partial charge in [0, 0.05) is 12.2 Å². The van der Waals surface area contributed by atoms with Crippen LogP contribution >= 0.6 is 0 Å². The summed E-state index contributed by atoms with van der Waals surface area (Å²) < 4.78 is 0. The van der Waals surface area contributed by atoms with Crippen molar-refractivity contribution in [2.24, 2.45) is 0 Å². The molecular weight excluding hydrogens is 218 g/mol. The lowest BCUT2D eigenvalue weighted by Gasteiger charge is -1.92. The van der Waals surface area contributed by atoms with Crippen LogP contribution in [-0.4, -0.2) is 0 Å². The number of hydrogen-bond donors (Lipinski definition) is 1.